The maximum absolute atomic E-state index is 12.1. The second-order valence-corrected chi connectivity index (χ2v) is 6.24. The van der Waals surface area contributed by atoms with Crippen molar-refractivity contribution in [2.24, 2.45) is 0 Å². The van der Waals surface area contributed by atoms with Crippen LogP contribution in [-0.2, 0) is 6.18 Å². The molecule has 0 saturated carbocycles. The number of β-amino-alcohol motifs (C(OH)–C–C–N with tert-alkyl or cyclic N) is 1. The summed E-state index contributed by atoms with van der Waals surface area (Å²) < 4.78 is 35.4. The van der Waals surface area contributed by atoms with E-state index in [9.17, 15) is 33.0 Å². The van der Waals surface area contributed by atoms with E-state index >= 15 is 0 Å². The number of carbonyl (C=O) groups is 2. The number of rotatable bonds is 2. The maximum Gasteiger partial charge on any atom is 0.434 e. The van der Waals surface area contributed by atoms with Crippen LogP contribution in [0.2, 0.25) is 0 Å². The Morgan fingerprint density at radius 3 is 2.30 bits per heavy atom. The van der Waals surface area contributed by atoms with Crippen molar-refractivity contribution in [2.75, 3.05) is 18.8 Å². The third-order valence-corrected chi connectivity index (χ3v) is 4.01. The van der Waals surface area contributed by atoms with Gasteiger partial charge in [-0.3, -0.25) is 14.8 Å². The average molecular weight is 429 g/mol. The molecule has 2 aromatic rings. The minimum absolute atomic E-state index is 0.00523. The molecule has 10 nitrogen and oxygen atoms in total. The van der Waals surface area contributed by atoms with E-state index in [2.05, 4.69) is 15.0 Å². The van der Waals surface area contributed by atoms with Crippen LogP contribution in [0.15, 0.2) is 30.7 Å². The topological polar surface area (TPSA) is 163 Å². The predicted molar refractivity (Wildman–Crippen MR) is 95.2 cm³/mol. The number of piperidine rings is 1. The largest absolute Gasteiger partial charge is 0.478 e. The lowest BCUT2D eigenvalue weighted by molar-refractivity contribution is -0.141. The zero-order chi connectivity index (χ0) is 22.5. The summed E-state index contributed by atoms with van der Waals surface area (Å²) in [5.41, 5.74) is 4.03. The predicted octanol–water partition coefficient (Wildman–Crippen LogP) is 0.425. The number of carboxylic acids is 1. The van der Waals surface area contributed by atoms with Crippen LogP contribution in [0.4, 0.5) is 19.0 Å². The zero-order valence-corrected chi connectivity index (χ0v) is 15.3. The van der Waals surface area contributed by atoms with E-state index in [0.29, 0.717) is 19.2 Å². The summed E-state index contributed by atoms with van der Waals surface area (Å²) >= 11 is 0. The van der Waals surface area contributed by atoms with Gasteiger partial charge in [-0.2, -0.15) is 13.2 Å². The molecule has 1 aliphatic rings. The number of carbonyl (C=O) groups excluding carboxylic acids is 1. The third kappa shape index (κ3) is 6.09. The van der Waals surface area contributed by atoms with Crippen molar-refractivity contribution in [3.05, 3.63) is 47.7 Å². The molecule has 3 rings (SSSR count). The molecule has 2 unspecified atom stereocenters. The third-order valence-electron chi connectivity index (χ3n) is 4.01. The Morgan fingerprint density at radius 1 is 1.13 bits per heavy atom. The Balaban J connectivity index is 0.000000248. The highest BCUT2D eigenvalue weighted by molar-refractivity contribution is 5.93. The Kier molecular flexibility index (Phi) is 7.24. The number of nitrogens with two attached hydrogens (primary N) is 1. The number of anilines is 1. The highest BCUT2D eigenvalue weighted by Crippen LogP contribution is 2.26. The molecular formula is C17H18F3N5O5. The Hall–Kier alpha value is -3.32. The van der Waals surface area contributed by atoms with E-state index in [1.165, 1.54) is 17.0 Å². The number of aromatic carboxylic acids is 1. The number of aliphatic hydroxyl groups is 2. The van der Waals surface area contributed by atoms with Crippen LogP contribution in [0, 0.1) is 0 Å². The zero-order valence-electron chi connectivity index (χ0n) is 15.3. The van der Waals surface area contributed by atoms with Crippen molar-refractivity contribution in [2.45, 2.75) is 24.8 Å². The summed E-state index contributed by atoms with van der Waals surface area (Å²) in [5.74, 6) is -1.73. The standard InChI is InChI=1S/C12H14N2O5.C5H4F3N3/c15-9-3-4-14(6-10(9)16)11(17)8-2-1-7(5-13-8)12(18)19;6-5(7,8)3-1-10-2-4(9)11-3/h1-2,5,9-10,15-16H,3-4,6H2,(H,18,19);1-2H,(H2,9,11). The fourth-order valence-corrected chi connectivity index (χ4v) is 2.43. The molecule has 5 N–H and O–H groups in total. The molecule has 2 atom stereocenters. The lowest BCUT2D eigenvalue weighted by Crippen LogP contribution is -2.49. The molecule has 0 aliphatic carbocycles. The molecule has 30 heavy (non-hydrogen) atoms. The normalized spacial score (nSPS) is 18.9. The van der Waals surface area contributed by atoms with Gasteiger partial charge in [0.2, 0.25) is 0 Å². The van der Waals surface area contributed by atoms with Crippen molar-refractivity contribution in [3.8, 4) is 0 Å². The van der Waals surface area contributed by atoms with Crippen LogP contribution in [0.5, 0.6) is 0 Å². The molecule has 3 heterocycles. The number of aliphatic hydroxyl groups excluding tert-OH is 2. The summed E-state index contributed by atoms with van der Waals surface area (Å²) in [6, 6.07) is 2.64. The lowest BCUT2D eigenvalue weighted by atomic mass is 10.0. The van der Waals surface area contributed by atoms with Crippen LogP contribution >= 0.6 is 0 Å². The average Bonchev–Trinajstić information content (AvgIpc) is 2.69. The number of hydrogen-bond acceptors (Lipinski definition) is 8. The van der Waals surface area contributed by atoms with E-state index in [-0.39, 0.29) is 29.5 Å². The monoisotopic (exact) mass is 429 g/mol. The number of aromatic nitrogens is 3. The lowest BCUT2D eigenvalue weighted by Gasteiger charge is -2.33. The summed E-state index contributed by atoms with van der Waals surface area (Å²) in [4.78, 5) is 34.2. The fourth-order valence-electron chi connectivity index (χ4n) is 2.43. The van der Waals surface area contributed by atoms with Crippen LogP contribution in [0.1, 0.15) is 33.0 Å². The van der Waals surface area contributed by atoms with Gasteiger partial charge in [0.1, 0.15) is 11.5 Å². The molecule has 13 heteroatoms. The molecule has 0 aromatic carbocycles. The number of hydrogen-bond donors (Lipinski definition) is 4. The SMILES string of the molecule is Nc1cncc(C(F)(F)F)n1.O=C(O)c1ccc(C(=O)N2CCC(O)C(O)C2)nc1. The molecule has 0 radical (unpaired) electrons. The molecule has 1 saturated heterocycles. The number of pyridine rings is 1. The van der Waals surface area contributed by atoms with Gasteiger partial charge in [-0.15, -0.1) is 0 Å². The van der Waals surface area contributed by atoms with Gasteiger partial charge < -0.3 is 26.0 Å². The van der Waals surface area contributed by atoms with Crippen molar-refractivity contribution in [1.29, 1.82) is 0 Å². The summed E-state index contributed by atoms with van der Waals surface area (Å²) in [5, 5.41) is 27.6. The van der Waals surface area contributed by atoms with E-state index in [1.807, 2.05) is 0 Å². The Morgan fingerprint density at radius 2 is 1.83 bits per heavy atom. The number of halogens is 3. The molecular weight excluding hydrogens is 411 g/mol. The van der Waals surface area contributed by atoms with E-state index < -0.39 is 30.0 Å². The van der Waals surface area contributed by atoms with Gasteiger partial charge in [-0.05, 0) is 18.6 Å². The van der Waals surface area contributed by atoms with Crippen molar-refractivity contribution in [1.82, 2.24) is 19.9 Å². The molecule has 162 valence electrons. The first-order valence-electron chi connectivity index (χ1n) is 8.48. The number of nitrogen functional groups attached to an aromatic ring is 1. The van der Waals surface area contributed by atoms with E-state index in [4.69, 9.17) is 10.8 Å². The Bertz CT molecular complexity index is 894. The molecule has 1 fully saturated rings. The van der Waals surface area contributed by atoms with Crippen molar-refractivity contribution >= 4 is 17.7 Å². The smallest absolute Gasteiger partial charge is 0.434 e. The number of nitrogens with zero attached hydrogens (tertiary/aromatic N) is 4. The quantitative estimate of drug-likeness (QED) is 0.530. The minimum Gasteiger partial charge on any atom is -0.478 e. The number of alkyl halides is 3. The molecule has 1 aliphatic heterocycles. The fraction of sp³-hybridized carbons (Fsp3) is 0.353. The highest BCUT2D eigenvalue weighted by atomic mass is 19.4. The van der Waals surface area contributed by atoms with Crippen LogP contribution < -0.4 is 5.73 Å². The van der Waals surface area contributed by atoms with Crippen LogP contribution in [-0.4, -0.2) is 72.3 Å². The van der Waals surface area contributed by atoms with Crippen LogP contribution in [0.25, 0.3) is 0 Å². The first-order chi connectivity index (χ1) is 14.0. The first kappa shape index (κ1) is 23.0. The van der Waals surface area contributed by atoms with Gasteiger partial charge in [0.25, 0.3) is 5.91 Å². The molecule has 2 aromatic heterocycles. The summed E-state index contributed by atoms with van der Waals surface area (Å²) in [7, 11) is 0. The minimum atomic E-state index is -4.47. The number of likely N-dealkylation sites (tertiary alicyclic amines) is 1. The van der Waals surface area contributed by atoms with Gasteiger partial charge >= 0.3 is 12.1 Å². The van der Waals surface area contributed by atoms with Gasteiger partial charge in [0.05, 0.1) is 30.2 Å². The maximum atomic E-state index is 12.1. The Labute approximate surface area is 167 Å². The van der Waals surface area contributed by atoms with Gasteiger partial charge in [0, 0.05) is 19.3 Å². The van der Waals surface area contributed by atoms with Crippen LogP contribution in [0.3, 0.4) is 0 Å². The number of carboxylic acid groups (broad SMARTS) is 1. The molecule has 0 bridgehead atoms. The van der Waals surface area contributed by atoms with E-state index in [0.717, 1.165) is 12.4 Å². The summed E-state index contributed by atoms with van der Waals surface area (Å²) in [6.45, 7) is 0.377. The first-order valence-corrected chi connectivity index (χ1v) is 8.48. The van der Waals surface area contributed by atoms with Crippen molar-refractivity contribution in [3.63, 3.8) is 0 Å². The highest BCUT2D eigenvalue weighted by Gasteiger charge is 2.33. The van der Waals surface area contributed by atoms with Crippen molar-refractivity contribution < 1.29 is 38.1 Å². The van der Waals surface area contributed by atoms with Gasteiger partial charge in [0.15, 0.2) is 5.69 Å². The second-order valence-electron chi connectivity index (χ2n) is 6.24. The molecule has 0 spiro atoms. The van der Waals surface area contributed by atoms with Gasteiger partial charge in [-0.25, -0.2) is 9.78 Å². The van der Waals surface area contributed by atoms with E-state index in [1.54, 1.807) is 0 Å². The number of amides is 1. The molecule has 1 amide bonds. The summed E-state index contributed by atoms with van der Waals surface area (Å²) in [6.07, 6.45) is -3.15. The van der Waals surface area contributed by atoms with Gasteiger partial charge in [-0.1, -0.05) is 0 Å². The second kappa shape index (κ2) is 9.45.